The van der Waals surface area contributed by atoms with Crippen molar-refractivity contribution in [2.75, 3.05) is 33.7 Å². The van der Waals surface area contributed by atoms with Crippen molar-refractivity contribution in [3.05, 3.63) is 0 Å². The van der Waals surface area contributed by atoms with E-state index >= 15 is 0 Å². The third kappa shape index (κ3) is 5.94. The molecule has 4 nitrogen and oxygen atoms in total. The fraction of sp³-hybridized carbons (Fsp3) is 0.941. The van der Waals surface area contributed by atoms with Crippen LogP contribution in [0.1, 0.15) is 52.9 Å². The predicted octanol–water partition coefficient (Wildman–Crippen LogP) is 2.46. The summed E-state index contributed by atoms with van der Waals surface area (Å²) in [5.41, 5.74) is -0.345. The van der Waals surface area contributed by atoms with Gasteiger partial charge in [-0.1, -0.05) is 6.92 Å². The number of likely N-dealkylation sites (tertiary alicyclic amines) is 1. The van der Waals surface area contributed by atoms with Gasteiger partial charge in [0.15, 0.2) is 0 Å². The fourth-order valence-electron chi connectivity index (χ4n) is 3.32. The summed E-state index contributed by atoms with van der Waals surface area (Å²) in [6.07, 6.45) is 5.45. The summed E-state index contributed by atoms with van der Waals surface area (Å²) in [5, 5.41) is 13.0. The molecule has 1 aliphatic rings. The maximum atomic E-state index is 9.54. The summed E-state index contributed by atoms with van der Waals surface area (Å²) >= 11 is 0. The van der Waals surface area contributed by atoms with Crippen molar-refractivity contribution in [2.24, 2.45) is 0 Å². The monoisotopic (exact) mass is 294 g/mol. The van der Waals surface area contributed by atoms with Crippen LogP contribution in [0.2, 0.25) is 0 Å². The first-order valence-electron chi connectivity index (χ1n) is 8.50. The van der Waals surface area contributed by atoms with Gasteiger partial charge < -0.3 is 9.80 Å². The van der Waals surface area contributed by atoms with E-state index < -0.39 is 0 Å². The number of rotatable bonds is 8. The van der Waals surface area contributed by atoms with Crippen LogP contribution in [0.4, 0.5) is 0 Å². The normalized spacial score (nSPS) is 20.7. The highest BCUT2D eigenvalue weighted by Crippen LogP contribution is 2.20. The van der Waals surface area contributed by atoms with Crippen LogP contribution in [-0.2, 0) is 0 Å². The Morgan fingerprint density at radius 3 is 2.48 bits per heavy atom. The molecule has 21 heavy (non-hydrogen) atoms. The van der Waals surface area contributed by atoms with Gasteiger partial charge in [-0.15, -0.1) is 0 Å². The van der Waals surface area contributed by atoms with E-state index in [0.717, 1.165) is 31.8 Å². The molecule has 0 saturated carbocycles. The topological polar surface area (TPSA) is 42.3 Å². The van der Waals surface area contributed by atoms with Gasteiger partial charge in [0.1, 0.15) is 5.54 Å². The van der Waals surface area contributed by atoms with Crippen molar-refractivity contribution in [3.63, 3.8) is 0 Å². The van der Waals surface area contributed by atoms with E-state index in [1.165, 1.54) is 25.9 Å². The van der Waals surface area contributed by atoms with Gasteiger partial charge in [0.05, 0.1) is 6.07 Å². The van der Waals surface area contributed by atoms with Crippen LogP contribution in [0.5, 0.6) is 0 Å². The third-order valence-electron chi connectivity index (χ3n) is 4.81. The molecular weight excluding hydrogens is 260 g/mol. The van der Waals surface area contributed by atoms with Crippen LogP contribution >= 0.6 is 0 Å². The van der Waals surface area contributed by atoms with E-state index in [2.05, 4.69) is 56.1 Å². The Kier molecular flexibility index (Phi) is 7.65. The standard InChI is InChI=1S/C17H34N4/c1-6-17(14-18,19-15(2)3)10-7-11-21(5)16-8-12-20(4)13-9-16/h15-16,19H,6-13H2,1-5H3. The molecule has 0 aromatic heterocycles. The smallest absolute Gasteiger partial charge is 0.106 e. The van der Waals surface area contributed by atoms with Crippen LogP contribution in [0.25, 0.3) is 0 Å². The first-order valence-corrected chi connectivity index (χ1v) is 8.50. The van der Waals surface area contributed by atoms with E-state index in [9.17, 15) is 5.26 Å². The van der Waals surface area contributed by atoms with Crippen LogP contribution in [0, 0.1) is 11.3 Å². The Labute approximate surface area is 131 Å². The molecule has 0 aliphatic carbocycles. The van der Waals surface area contributed by atoms with Crippen molar-refractivity contribution < 1.29 is 0 Å². The maximum absolute atomic E-state index is 9.54. The third-order valence-corrected chi connectivity index (χ3v) is 4.81. The molecule has 122 valence electrons. The molecule has 0 radical (unpaired) electrons. The van der Waals surface area contributed by atoms with Gasteiger partial charge in [0.25, 0.3) is 0 Å². The minimum atomic E-state index is -0.345. The lowest BCUT2D eigenvalue weighted by Crippen LogP contribution is -2.48. The number of piperidine rings is 1. The molecule has 1 fully saturated rings. The number of hydrogen-bond acceptors (Lipinski definition) is 4. The van der Waals surface area contributed by atoms with Crippen LogP contribution in [-0.4, -0.2) is 61.2 Å². The zero-order valence-electron chi connectivity index (χ0n) is 14.7. The average molecular weight is 294 g/mol. The van der Waals surface area contributed by atoms with Crippen molar-refractivity contribution in [1.29, 1.82) is 5.26 Å². The summed E-state index contributed by atoms with van der Waals surface area (Å²) in [4.78, 5) is 4.91. The zero-order valence-corrected chi connectivity index (χ0v) is 14.7. The molecule has 0 spiro atoms. The highest BCUT2D eigenvalue weighted by Gasteiger charge is 2.28. The molecule has 1 N–H and O–H groups in total. The Morgan fingerprint density at radius 2 is 2.00 bits per heavy atom. The summed E-state index contributed by atoms with van der Waals surface area (Å²) in [5.74, 6) is 0. The number of nitrogens with one attached hydrogen (secondary N) is 1. The van der Waals surface area contributed by atoms with E-state index in [4.69, 9.17) is 0 Å². The second-order valence-corrected chi connectivity index (χ2v) is 6.97. The lowest BCUT2D eigenvalue weighted by molar-refractivity contribution is 0.140. The summed E-state index contributed by atoms with van der Waals surface area (Å²) in [6.45, 7) is 9.86. The molecule has 4 heteroatoms. The number of nitriles is 1. The lowest BCUT2D eigenvalue weighted by atomic mass is 9.91. The highest BCUT2D eigenvalue weighted by atomic mass is 15.2. The van der Waals surface area contributed by atoms with Crippen LogP contribution < -0.4 is 5.32 Å². The average Bonchev–Trinajstić information content (AvgIpc) is 2.46. The molecule has 0 aromatic rings. The Balaban J connectivity index is 2.38. The Bertz CT molecular complexity index is 328. The van der Waals surface area contributed by atoms with Gasteiger partial charge in [-0.2, -0.15) is 5.26 Å². The molecule has 0 amide bonds. The summed E-state index contributed by atoms with van der Waals surface area (Å²) < 4.78 is 0. The molecule has 1 rings (SSSR count). The minimum Gasteiger partial charge on any atom is -0.306 e. The van der Waals surface area contributed by atoms with Crippen LogP contribution in [0.3, 0.4) is 0 Å². The Morgan fingerprint density at radius 1 is 1.38 bits per heavy atom. The van der Waals surface area contributed by atoms with Gasteiger partial charge in [0, 0.05) is 12.1 Å². The largest absolute Gasteiger partial charge is 0.306 e. The summed E-state index contributed by atoms with van der Waals surface area (Å²) in [7, 11) is 4.45. The minimum absolute atomic E-state index is 0.345. The molecule has 1 unspecified atom stereocenters. The van der Waals surface area contributed by atoms with Gasteiger partial charge >= 0.3 is 0 Å². The van der Waals surface area contributed by atoms with E-state index in [1.807, 2.05) is 0 Å². The maximum Gasteiger partial charge on any atom is 0.106 e. The van der Waals surface area contributed by atoms with Gasteiger partial charge in [-0.05, 0) is 79.7 Å². The van der Waals surface area contributed by atoms with Gasteiger partial charge in [0.2, 0.25) is 0 Å². The van der Waals surface area contributed by atoms with Crippen molar-refractivity contribution in [1.82, 2.24) is 15.1 Å². The highest BCUT2D eigenvalue weighted by molar-refractivity contribution is 5.06. The molecule has 1 heterocycles. The lowest BCUT2D eigenvalue weighted by Gasteiger charge is -2.36. The van der Waals surface area contributed by atoms with Crippen molar-refractivity contribution in [2.45, 2.75) is 70.5 Å². The molecule has 1 atom stereocenters. The van der Waals surface area contributed by atoms with E-state index in [-0.39, 0.29) is 5.54 Å². The van der Waals surface area contributed by atoms with E-state index in [1.54, 1.807) is 0 Å². The molecule has 0 bridgehead atoms. The van der Waals surface area contributed by atoms with Crippen molar-refractivity contribution in [3.8, 4) is 6.07 Å². The Hall–Kier alpha value is -0.630. The first-order chi connectivity index (χ1) is 9.92. The quantitative estimate of drug-likeness (QED) is 0.747. The predicted molar refractivity (Wildman–Crippen MR) is 89.3 cm³/mol. The zero-order chi connectivity index (χ0) is 15.9. The summed E-state index contributed by atoms with van der Waals surface area (Å²) in [6, 6.07) is 3.60. The molecule has 1 aliphatic heterocycles. The molecule has 0 aromatic carbocycles. The van der Waals surface area contributed by atoms with Crippen molar-refractivity contribution >= 4 is 0 Å². The fourth-order valence-corrected chi connectivity index (χ4v) is 3.32. The van der Waals surface area contributed by atoms with Gasteiger partial charge in [-0.3, -0.25) is 5.32 Å². The van der Waals surface area contributed by atoms with Crippen LogP contribution in [0.15, 0.2) is 0 Å². The molecular formula is C17H34N4. The van der Waals surface area contributed by atoms with Gasteiger partial charge in [-0.25, -0.2) is 0 Å². The number of nitrogens with zero attached hydrogens (tertiary/aromatic N) is 3. The van der Waals surface area contributed by atoms with E-state index in [0.29, 0.717) is 6.04 Å². The first kappa shape index (κ1) is 18.4. The molecule has 1 saturated heterocycles. The number of hydrogen-bond donors (Lipinski definition) is 1. The SMILES string of the molecule is CCC(C#N)(CCCN(C)C1CCN(C)CC1)NC(C)C. The second-order valence-electron chi connectivity index (χ2n) is 6.97. The second kappa shape index (κ2) is 8.73.